The minimum Gasteiger partial charge on any atom is -0.310 e. The Kier molecular flexibility index (Phi) is 4.36. The summed E-state index contributed by atoms with van der Waals surface area (Å²) in [5, 5.41) is 3.67. The van der Waals surface area contributed by atoms with Gasteiger partial charge < -0.3 is 5.32 Å². The van der Waals surface area contributed by atoms with Crippen molar-refractivity contribution >= 4 is 0 Å². The van der Waals surface area contributed by atoms with Gasteiger partial charge in [0.2, 0.25) is 0 Å². The molecule has 1 atom stereocenters. The maximum absolute atomic E-state index is 4.61. The quantitative estimate of drug-likeness (QED) is 0.888. The van der Waals surface area contributed by atoms with E-state index < -0.39 is 0 Å². The lowest BCUT2D eigenvalue weighted by Crippen LogP contribution is -2.48. The molecule has 0 radical (unpaired) electrons. The van der Waals surface area contributed by atoms with Crippen molar-refractivity contribution in [3.8, 4) is 0 Å². The highest BCUT2D eigenvalue weighted by atomic mass is 15.2. The molecule has 1 fully saturated rings. The van der Waals surface area contributed by atoms with Crippen molar-refractivity contribution < 1.29 is 0 Å². The lowest BCUT2D eigenvalue weighted by atomic mass is 9.98. The van der Waals surface area contributed by atoms with Gasteiger partial charge in [0, 0.05) is 24.3 Å². The molecule has 1 aliphatic rings. The molecule has 1 unspecified atom stereocenters. The van der Waals surface area contributed by atoms with Crippen LogP contribution in [0.3, 0.4) is 0 Å². The van der Waals surface area contributed by atoms with Crippen LogP contribution in [0.15, 0.2) is 18.2 Å². The maximum atomic E-state index is 4.61. The van der Waals surface area contributed by atoms with Gasteiger partial charge in [-0.05, 0) is 51.9 Å². The van der Waals surface area contributed by atoms with E-state index in [0.29, 0.717) is 0 Å². The molecule has 1 aromatic heterocycles. The van der Waals surface area contributed by atoms with E-state index in [4.69, 9.17) is 0 Å². The Morgan fingerprint density at radius 1 is 1.44 bits per heavy atom. The first-order chi connectivity index (χ1) is 8.61. The van der Waals surface area contributed by atoms with Crippen LogP contribution in [0.5, 0.6) is 0 Å². The van der Waals surface area contributed by atoms with Gasteiger partial charge in [-0.1, -0.05) is 13.0 Å². The summed E-state index contributed by atoms with van der Waals surface area (Å²) in [6.07, 6.45) is 2.39. The number of nitrogens with zero attached hydrogens (tertiary/aromatic N) is 2. The molecule has 0 aliphatic carbocycles. The van der Waals surface area contributed by atoms with Crippen LogP contribution in [0.1, 0.15) is 38.1 Å². The van der Waals surface area contributed by atoms with Crippen molar-refractivity contribution in [3.05, 3.63) is 29.6 Å². The van der Waals surface area contributed by atoms with Crippen LogP contribution >= 0.6 is 0 Å². The Balaban J connectivity index is 2.03. The smallest absolute Gasteiger partial charge is 0.0547 e. The standard InChI is InChI=1S/C15H25N3/c1-4-15(3)12-18(10-6-9-16-15)11-14-8-5-7-13(2)17-14/h5,7-8,16H,4,6,9-12H2,1-3H3. The molecule has 18 heavy (non-hydrogen) atoms. The third kappa shape index (κ3) is 3.53. The second-order valence-electron chi connectivity index (χ2n) is 5.68. The molecule has 3 nitrogen and oxygen atoms in total. The van der Waals surface area contributed by atoms with Gasteiger partial charge in [-0.25, -0.2) is 0 Å². The van der Waals surface area contributed by atoms with Crippen molar-refractivity contribution in [3.63, 3.8) is 0 Å². The molecule has 100 valence electrons. The minimum absolute atomic E-state index is 0.250. The predicted molar refractivity (Wildman–Crippen MR) is 75.6 cm³/mol. The summed E-state index contributed by atoms with van der Waals surface area (Å²) in [6, 6.07) is 6.30. The van der Waals surface area contributed by atoms with Gasteiger partial charge in [-0.3, -0.25) is 9.88 Å². The monoisotopic (exact) mass is 247 g/mol. The number of rotatable bonds is 3. The first-order valence-corrected chi connectivity index (χ1v) is 7.01. The van der Waals surface area contributed by atoms with E-state index in [2.05, 4.69) is 54.2 Å². The van der Waals surface area contributed by atoms with E-state index in [9.17, 15) is 0 Å². The molecule has 2 heterocycles. The Hall–Kier alpha value is -0.930. The average Bonchev–Trinajstić information content (AvgIpc) is 2.52. The van der Waals surface area contributed by atoms with Crippen LogP contribution < -0.4 is 5.32 Å². The van der Waals surface area contributed by atoms with Gasteiger partial charge in [0.25, 0.3) is 0 Å². The van der Waals surface area contributed by atoms with Gasteiger partial charge in [-0.15, -0.1) is 0 Å². The lowest BCUT2D eigenvalue weighted by Gasteiger charge is -2.32. The summed E-state index contributed by atoms with van der Waals surface area (Å²) in [5.41, 5.74) is 2.55. The van der Waals surface area contributed by atoms with E-state index in [-0.39, 0.29) is 5.54 Å². The molecular formula is C15H25N3. The zero-order valence-electron chi connectivity index (χ0n) is 11.9. The largest absolute Gasteiger partial charge is 0.310 e. The number of pyridine rings is 1. The van der Waals surface area contributed by atoms with Gasteiger partial charge in [0.1, 0.15) is 0 Å². The van der Waals surface area contributed by atoms with Crippen molar-refractivity contribution in [2.75, 3.05) is 19.6 Å². The molecule has 3 heteroatoms. The molecule has 0 spiro atoms. The summed E-state index contributed by atoms with van der Waals surface area (Å²) >= 11 is 0. The second-order valence-corrected chi connectivity index (χ2v) is 5.68. The van der Waals surface area contributed by atoms with Crippen LogP contribution in [0, 0.1) is 6.92 Å². The van der Waals surface area contributed by atoms with E-state index >= 15 is 0 Å². The van der Waals surface area contributed by atoms with E-state index in [1.165, 1.54) is 18.5 Å². The summed E-state index contributed by atoms with van der Waals surface area (Å²) in [4.78, 5) is 7.14. The summed E-state index contributed by atoms with van der Waals surface area (Å²) in [5.74, 6) is 0. The molecule has 1 saturated heterocycles. The topological polar surface area (TPSA) is 28.2 Å². The molecule has 1 aliphatic heterocycles. The third-order valence-electron chi connectivity index (χ3n) is 3.89. The molecule has 0 bridgehead atoms. The van der Waals surface area contributed by atoms with E-state index in [1.54, 1.807) is 0 Å². The van der Waals surface area contributed by atoms with Crippen molar-refractivity contribution in [2.45, 2.75) is 45.7 Å². The van der Waals surface area contributed by atoms with Crippen molar-refractivity contribution in [1.82, 2.24) is 15.2 Å². The molecule has 0 saturated carbocycles. The lowest BCUT2D eigenvalue weighted by molar-refractivity contribution is 0.206. The minimum atomic E-state index is 0.250. The fourth-order valence-corrected chi connectivity index (χ4v) is 2.61. The van der Waals surface area contributed by atoms with Crippen LogP contribution in [0.4, 0.5) is 0 Å². The van der Waals surface area contributed by atoms with Crippen LogP contribution in [0.2, 0.25) is 0 Å². The van der Waals surface area contributed by atoms with Crippen LogP contribution in [-0.4, -0.2) is 35.1 Å². The summed E-state index contributed by atoms with van der Waals surface area (Å²) in [7, 11) is 0. The molecular weight excluding hydrogens is 222 g/mol. The van der Waals surface area contributed by atoms with Crippen LogP contribution in [-0.2, 0) is 6.54 Å². The van der Waals surface area contributed by atoms with Crippen molar-refractivity contribution in [2.24, 2.45) is 0 Å². The fraction of sp³-hybridized carbons (Fsp3) is 0.667. The number of aryl methyl sites for hydroxylation is 1. The predicted octanol–water partition coefficient (Wildman–Crippen LogP) is 2.35. The van der Waals surface area contributed by atoms with Crippen molar-refractivity contribution in [1.29, 1.82) is 0 Å². The highest BCUT2D eigenvalue weighted by Crippen LogP contribution is 2.16. The average molecular weight is 247 g/mol. The Morgan fingerprint density at radius 2 is 2.28 bits per heavy atom. The Labute approximate surface area is 111 Å². The van der Waals surface area contributed by atoms with Gasteiger partial charge in [0.15, 0.2) is 0 Å². The van der Waals surface area contributed by atoms with Gasteiger partial charge in [-0.2, -0.15) is 0 Å². The fourth-order valence-electron chi connectivity index (χ4n) is 2.61. The number of hydrogen-bond donors (Lipinski definition) is 1. The molecule has 2 rings (SSSR count). The zero-order valence-corrected chi connectivity index (χ0v) is 11.9. The Morgan fingerprint density at radius 3 is 3.00 bits per heavy atom. The number of aromatic nitrogens is 1. The molecule has 0 aromatic carbocycles. The van der Waals surface area contributed by atoms with E-state index in [0.717, 1.165) is 31.9 Å². The summed E-state index contributed by atoms with van der Waals surface area (Å²) < 4.78 is 0. The Bertz CT molecular complexity index is 391. The summed E-state index contributed by atoms with van der Waals surface area (Å²) in [6.45, 7) is 11.0. The SMILES string of the molecule is CCC1(C)CN(Cc2cccc(C)n2)CCCN1. The second kappa shape index (κ2) is 5.81. The molecule has 1 N–H and O–H groups in total. The first-order valence-electron chi connectivity index (χ1n) is 7.01. The number of hydrogen-bond acceptors (Lipinski definition) is 3. The highest BCUT2D eigenvalue weighted by molar-refractivity contribution is 5.10. The van der Waals surface area contributed by atoms with Gasteiger partial charge >= 0.3 is 0 Å². The third-order valence-corrected chi connectivity index (χ3v) is 3.89. The molecule has 0 amide bonds. The number of nitrogens with one attached hydrogen (secondary N) is 1. The zero-order chi connectivity index (χ0) is 13.0. The van der Waals surface area contributed by atoms with Crippen LogP contribution in [0.25, 0.3) is 0 Å². The highest BCUT2D eigenvalue weighted by Gasteiger charge is 2.27. The van der Waals surface area contributed by atoms with Gasteiger partial charge in [0.05, 0.1) is 5.69 Å². The van der Waals surface area contributed by atoms with E-state index in [1.807, 2.05) is 0 Å². The first kappa shape index (κ1) is 13.5. The molecule has 1 aromatic rings. The normalized spacial score (nSPS) is 25.9. The maximum Gasteiger partial charge on any atom is 0.0547 e.